The van der Waals surface area contributed by atoms with E-state index < -0.39 is 0 Å². The van der Waals surface area contributed by atoms with E-state index in [1.54, 1.807) is 6.20 Å². The molecule has 1 saturated heterocycles. The van der Waals surface area contributed by atoms with Crippen molar-refractivity contribution in [3.05, 3.63) is 77.7 Å². The Balaban J connectivity index is 1.31. The Hall–Kier alpha value is -3.35. The van der Waals surface area contributed by atoms with Gasteiger partial charge < -0.3 is 15.0 Å². The Morgan fingerprint density at radius 3 is 2.87 bits per heavy atom. The number of aromatic nitrogens is 3. The molecule has 1 aliphatic rings. The molecule has 7 heteroatoms. The number of rotatable bonds is 6. The summed E-state index contributed by atoms with van der Waals surface area (Å²) in [6, 6.07) is 14.1. The molecule has 30 heavy (non-hydrogen) atoms. The third-order valence-electron chi connectivity index (χ3n) is 5.38. The van der Waals surface area contributed by atoms with E-state index in [0.29, 0.717) is 24.9 Å². The van der Waals surface area contributed by atoms with Crippen LogP contribution < -0.4 is 10.1 Å². The number of hydrogen-bond acceptors (Lipinski definition) is 4. The highest BCUT2D eigenvalue weighted by molar-refractivity contribution is 5.80. The summed E-state index contributed by atoms with van der Waals surface area (Å²) in [6.07, 6.45) is 6.98. The standard InChI is InChI=1S/C23H28N6O/c1-24-23(29-11-9-20(16-29)21-14-27-28(2)15-21)26-13-19-8-10-25-22(12-19)30-17-18-6-4-3-5-7-18/h3-8,10,12,14-15,20H,9,11,13,16-17H2,1-2H3,(H,24,26). The van der Waals surface area contributed by atoms with E-state index in [4.69, 9.17) is 4.74 Å². The summed E-state index contributed by atoms with van der Waals surface area (Å²) in [5, 5.41) is 7.78. The van der Waals surface area contributed by atoms with E-state index >= 15 is 0 Å². The summed E-state index contributed by atoms with van der Waals surface area (Å²) in [6.45, 7) is 3.12. The summed E-state index contributed by atoms with van der Waals surface area (Å²) >= 11 is 0. The van der Waals surface area contributed by atoms with Gasteiger partial charge in [-0.25, -0.2) is 4.98 Å². The van der Waals surface area contributed by atoms with Crippen molar-refractivity contribution in [3.63, 3.8) is 0 Å². The second-order valence-electron chi connectivity index (χ2n) is 7.56. The van der Waals surface area contributed by atoms with Gasteiger partial charge in [-0.3, -0.25) is 9.67 Å². The predicted molar refractivity (Wildman–Crippen MR) is 117 cm³/mol. The van der Waals surface area contributed by atoms with E-state index in [-0.39, 0.29) is 0 Å². The third kappa shape index (κ3) is 4.97. The average Bonchev–Trinajstić information content (AvgIpc) is 3.43. The van der Waals surface area contributed by atoms with E-state index in [1.165, 1.54) is 5.56 Å². The molecule has 1 aliphatic heterocycles. The van der Waals surface area contributed by atoms with Crippen LogP contribution in [0, 0.1) is 0 Å². The first kappa shape index (κ1) is 19.9. The number of likely N-dealkylation sites (tertiary alicyclic amines) is 1. The number of pyridine rings is 1. The minimum atomic E-state index is 0.496. The van der Waals surface area contributed by atoms with Gasteiger partial charge in [0.1, 0.15) is 6.61 Å². The molecule has 1 fully saturated rings. The van der Waals surface area contributed by atoms with Gasteiger partial charge in [-0.2, -0.15) is 5.10 Å². The molecule has 1 atom stereocenters. The maximum absolute atomic E-state index is 5.84. The zero-order chi connectivity index (χ0) is 20.8. The van der Waals surface area contributed by atoms with Crippen LogP contribution in [0.25, 0.3) is 0 Å². The molecule has 156 valence electrons. The van der Waals surface area contributed by atoms with E-state index in [2.05, 4.69) is 31.5 Å². The molecule has 3 heterocycles. The summed E-state index contributed by atoms with van der Waals surface area (Å²) in [7, 11) is 3.80. The third-order valence-corrected chi connectivity index (χ3v) is 5.38. The molecule has 3 aromatic rings. The van der Waals surface area contributed by atoms with Gasteiger partial charge in [-0.15, -0.1) is 0 Å². The molecule has 0 radical (unpaired) electrons. The molecule has 0 spiro atoms. The maximum Gasteiger partial charge on any atom is 0.213 e. The van der Waals surface area contributed by atoms with Crippen LogP contribution in [0.1, 0.15) is 29.0 Å². The zero-order valence-electron chi connectivity index (χ0n) is 17.5. The first-order chi connectivity index (χ1) is 14.7. The van der Waals surface area contributed by atoms with Gasteiger partial charge >= 0.3 is 0 Å². The summed E-state index contributed by atoms with van der Waals surface area (Å²) in [4.78, 5) is 11.1. The van der Waals surface area contributed by atoms with Crippen molar-refractivity contribution in [2.75, 3.05) is 20.1 Å². The number of hydrogen-bond donors (Lipinski definition) is 1. The van der Waals surface area contributed by atoms with Crippen LogP contribution in [0.3, 0.4) is 0 Å². The van der Waals surface area contributed by atoms with Crippen molar-refractivity contribution in [1.29, 1.82) is 0 Å². The van der Waals surface area contributed by atoms with Gasteiger partial charge in [-0.05, 0) is 29.2 Å². The molecular formula is C23H28N6O. The molecule has 0 saturated carbocycles. The van der Waals surface area contributed by atoms with Gasteiger partial charge in [-0.1, -0.05) is 30.3 Å². The lowest BCUT2D eigenvalue weighted by molar-refractivity contribution is 0.293. The van der Waals surface area contributed by atoms with E-state index in [1.807, 2.05) is 67.4 Å². The number of benzene rings is 1. The van der Waals surface area contributed by atoms with Crippen LogP contribution in [0.5, 0.6) is 5.88 Å². The molecule has 2 aromatic heterocycles. The quantitative estimate of drug-likeness (QED) is 0.505. The van der Waals surface area contributed by atoms with Gasteiger partial charge in [0, 0.05) is 58.1 Å². The molecule has 4 rings (SSSR count). The Morgan fingerprint density at radius 2 is 2.10 bits per heavy atom. The summed E-state index contributed by atoms with van der Waals surface area (Å²) in [5.74, 6) is 2.05. The monoisotopic (exact) mass is 404 g/mol. The molecule has 1 aromatic carbocycles. The molecule has 0 amide bonds. The van der Waals surface area contributed by atoms with Gasteiger partial charge in [0.15, 0.2) is 5.96 Å². The maximum atomic E-state index is 5.84. The molecule has 0 aliphatic carbocycles. The highest BCUT2D eigenvalue weighted by Crippen LogP contribution is 2.26. The van der Waals surface area contributed by atoms with Gasteiger partial charge in [0.05, 0.1) is 6.20 Å². The number of nitrogens with one attached hydrogen (secondary N) is 1. The minimum absolute atomic E-state index is 0.496. The topological polar surface area (TPSA) is 67.6 Å². The van der Waals surface area contributed by atoms with Crippen molar-refractivity contribution in [2.45, 2.75) is 25.5 Å². The number of aryl methyl sites for hydroxylation is 1. The van der Waals surface area contributed by atoms with E-state index in [0.717, 1.165) is 36.6 Å². The summed E-state index contributed by atoms with van der Waals surface area (Å²) < 4.78 is 7.71. The fourth-order valence-corrected chi connectivity index (χ4v) is 3.76. The van der Waals surface area contributed by atoms with Crippen LogP contribution in [0.15, 0.2) is 66.0 Å². The van der Waals surface area contributed by atoms with Crippen molar-refractivity contribution in [1.82, 2.24) is 25.0 Å². The Labute approximate surface area is 177 Å². The number of nitrogens with zero attached hydrogens (tertiary/aromatic N) is 5. The molecular weight excluding hydrogens is 376 g/mol. The van der Waals surface area contributed by atoms with Crippen molar-refractivity contribution >= 4 is 5.96 Å². The lowest BCUT2D eigenvalue weighted by Gasteiger charge is -2.21. The van der Waals surface area contributed by atoms with Crippen LogP contribution in [0.2, 0.25) is 0 Å². The highest BCUT2D eigenvalue weighted by atomic mass is 16.5. The highest BCUT2D eigenvalue weighted by Gasteiger charge is 2.26. The van der Waals surface area contributed by atoms with Gasteiger partial charge in [0.2, 0.25) is 5.88 Å². The lowest BCUT2D eigenvalue weighted by atomic mass is 10.0. The van der Waals surface area contributed by atoms with Gasteiger partial charge in [0.25, 0.3) is 0 Å². The smallest absolute Gasteiger partial charge is 0.213 e. The van der Waals surface area contributed by atoms with Crippen LogP contribution in [-0.2, 0) is 20.2 Å². The predicted octanol–water partition coefficient (Wildman–Crippen LogP) is 2.96. The lowest BCUT2D eigenvalue weighted by Crippen LogP contribution is -2.39. The van der Waals surface area contributed by atoms with Crippen LogP contribution in [0.4, 0.5) is 0 Å². The number of ether oxygens (including phenoxy) is 1. The second-order valence-corrected chi connectivity index (χ2v) is 7.56. The zero-order valence-corrected chi connectivity index (χ0v) is 17.5. The van der Waals surface area contributed by atoms with Crippen LogP contribution >= 0.6 is 0 Å². The Morgan fingerprint density at radius 1 is 1.23 bits per heavy atom. The fraction of sp³-hybridized carbons (Fsp3) is 0.348. The number of guanidine groups is 1. The fourth-order valence-electron chi connectivity index (χ4n) is 3.76. The minimum Gasteiger partial charge on any atom is -0.473 e. The normalized spacial score (nSPS) is 16.7. The van der Waals surface area contributed by atoms with Crippen LogP contribution in [-0.4, -0.2) is 45.8 Å². The largest absolute Gasteiger partial charge is 0.473 e. The van der Waals surface area contributed by atoms with Crippen molar-refractivity contribution in [2.24, 2.45) is 12.0 Å². The number of aliphatic imine (C=N–C) groups is 1. The first-order valence-corrected chi connectivity index (χ1v) is 10.3. The first-order valence-electron chi connectivity index (χ1n) is 10.3. The average molecular weight is 405 g/mol. The molecule has 1 N–H and O–H groups in total. The van der Waals surface area contributed by atoms with Crippen molar-refractivity contribution in [3.8, 4) is 5.88 Å². The molecule has 0 bridgehead atoms. The van der Waals surface area contributed by atoms with Crippen molar-refractivity contribution < 1.29 is 4.74 Å². The SMILES string of the molecule is CN=C(NCc1ccnc(OCc2ccccc2)c1)N1CCC(c2cnn(C)c2)C1. The molecule has 1 unspecified atom stereocenters. The Kier molecular flexibility index (Phi) is 6.27. The second kappa shape index (κ2) is 9.43. The Bertz CT molecular complexity index is 984. The van der Waals surface area contributed by atoms with E-state index in [9.17, 15) is 0 Å². The summed E-state index contributed by atoms with van der Waals surface area (Å²) in [5.41, 5.74) is 3.53. The molecule has 7 nitrogen and oxygen atoms in total.